The summed E-state index contributed by atoms with van der Waals surface area (Å²) in [4.78, 5) is 54.6. The van der Waals surface area contributed by atoms with Gasteiger partial charge in [-0.05, 0) is 50.7 Å². The SMILES string of the molecule is Cc1cnccc1C(=O)N1CCc2nc([C@@H]3CCCN3C(=O)[C@@H]3CC=CCC3)[nH]c(=O)c2C1. The average Bonchev–Trinajstić information content (AvgIpc) is 3.34. The van der Waals surface area contributed by atoms with E-state index >= 15 is 0 Å². The van der Waals surface area contributed by atoms with E-state index in [0.29, 0.717) is 36.5 Å². The maximum Gasteiger partial charge on any atom is 0.256 e. The molecule has 1 fully saturated rings. The third-order valence-electron chi connectivity index (χ3n) is 7.09. The molecule has 0 aromatic carbocycles. The minimum absolute atomic E-state index is 0.0242. The van der Waals surface area contributed by atoms with E-state index in [4.69, 9.17) is 4.98 Å². The summed E-state index contributed by atoms with van der Waals surface area (Å²) in [5.41, 5.74) is 2.49. The average molecular weight is 448 g/mol. The number of nitrogens with zero attached hydrogens (tertiary/aromatic N) is 4. The molecule has 8 nitrogen and oxygen atoms in total. The first-order chi connectivity index (χ1) is 16.0. The van der Waals surface area contributed by atoms with Crippen LogP contribution in [-0.2, 0) is 17.8 Å². The number of aromatic amines is 1. The lowest BCUT2D eigenvalue weighted by atomic mass is 9.93. The molecule has 172 valence electrons. The number of carbonyl (C=O) groups is 2. The number of fused-ring (bicyclic) bond motifs is 1. The van der Waals surface area contributed by atoms with Gasteiger partial charge in [0.25, 0.3) is 11.5 Å². The fourth-order valence-corrected chi connectivity index (χ4v) is 5.23. The molecule has 0 radical (unpaired) electrons. The summed E-state index contributed by atoms with van der Waals surface area (Å²) in [7, 11) is 0. The molecule has 33 heavy (non-hydrogen) atoms. The number of nitrogens with one attached hydrogen (secondary N) is 1. The van der Waals surface area contributed by atoms with Crippen molar-refractivity contribution in [3.05, 3.63) is 69.2 Å². The summed E-state index contributed by atoms with van der Waals surface area (Å²) in [5.74, 6) is 0.682. The number of hydrogen-bond donors (Lipinski definition) is 1. The van der Waals surface area contributed by atoms with Crippen molar-refractivity contribution in [2.45, 2.75) is 58.0 Å². The summed E-state index contributed by atoms with van der Waals surface area (Å²) in [5, 5.41) is 0. The van der Waals surface area contributed by atoms with Gasteiger partial charge in [0, 0.05) is 43.4 Å². The Morgan fingerprint density at radius 3 is 2.85 bits per heavy atom. The van der Waals surface area contributed by atoms with Crippen molar-refractivity contribution in [2.24, 2.45) is 5.92 Å². The van der Waals surface area contributed by atoms with Crippen molar-refractivity contribution in [3.8, 4) is 0 Å². The van der Waals surface area contributed by atoms with Gasteiger partial charge in [-0.2, -0.15) is 0 Å². The Bertz CT molecular complexity index is 1170. The molecule has 2 aromatic heterocycles. The zero-order valence-electron chi connectivity index (χ0n) is 18.9. The first-order valence-electron chi connectivity index (χ1n) is 11.8. The van der Waals surface area contributed by atoms with E-state index in [1.54, 1.807) is 23.4 Å². The van der Waals surface area contributed by atoms with E-state index in [9.17, 15) is 14.4 Å². The molecule has 2 aliphatic heterocycles. The molecule has 1 saturated heterocycles. The van der Waals surface area contributed by atoms with Gasteiger partial charge in [-0.15, -0.1) is 0 Å². The van der Waals surface area contributed by atoms with Crippen LogP contribution in [0.1, 0.15) is 71.1 Å². The van der Waals surface area contributed by atoms with E-state index in [0.717, 1.165) is 43.4 Å². The number of H-pyrrole nitrogens is 1. The first kappa shape index (κ1) is 21.6. The number of rotatable bonds is 3. The Labute approximate surface area is 192 Å². The Morgan fingerprint density at radius 2 is 2.06 bits per heavy atom. The van der Waals surface area contributed by atoms with Crippen molar-refractivity contribution in [2.75, 3.05) is 13.1 Å². The summed E-state index contributed by atoms with van der Waals surface area (Å²) in [6.45, 7) is 3.31. The standard InChI is InChI=1S/C25H29N5O3/c1-16-14-26-11-9-18(16)25(33)29-13-10-20-19(15-29)23(31)28-22(27-20)21-8-5-12-30(21)24(32)17-6-3-2-4-7-17/h2-3,9,11,14,17,21H,4-8,10,12-13,15H2,1H3,(H,27,28,31)/t17-,21+/m1/s1. The maximum absolute atomic E-state index is 13.2. The molecule has 2 atom stereocenters. The molecule has 0 unspecified atom stereocenters. The van der Waals surface area contributed by atoms with Gasteiger partial charge in [-0.1, -0.05) is 12.2 Å². The third kappa shape index (κ3) is 4.10. The molecular formula is C25H29N5O3. The van der Waals surface area contributed by atoms with Crippen LogP contribution in [0.25, 0.3) is 0 Å². The number of amides is 2. The molecular weight excluding hydrogens is 418 g/mol. The molecule has 8 heteroatoms. The van der Waals surface area contributed by atoms with Crippen molar-refractivity contribution < 1.29 is 9.59 Å². The summed E-state index contributed by atoms with van der Waals surface area (Å²) >= 11 is 0. The van der Waals surface area contributed by atoms with Crippen molar-refractivity contribution in [1.82, 2.24) is 24.8 Å². The lowest BCUT2D eigenvalue weighted by Gasteiger charge is -2.31. The Morgan fingerprint density at radius 1 is 1.18 bits per heavy atom. The number of aromatic nitrogens is 3. The summed E-state index contributed by atoms with van der Waals surface area (Å²) < 4.78 is 0. The lowest BCUT2D eigenvalue weighted by Crippen LogP contribution is -2.41. The highest BCUT2D eigenvalue weighted by Crippen LogP contribution is 2.33. The van der Waals surface area contributed by atoms with Gasteiger partial charge in [0.1, 0.15) is 5.82 Å². The van der Waals surface area contributed by atoms with Crippen LogP contribution in [0.4, 0.5) is 0 Å². The van der Waals surface area contributed by atoms with Crippen LogP contribution in [0.2, 0.25) is 0 Å². The van der Waals surface area contributed by atoms with Crippen LogP contribution in [0.3, 0.4) is 0 Å². The second-order valence-electron chi connectivity index (χ2n) is 9.21. The number of aryl methyl sites for hydroxylation is 1. The molecule has 0 saturated carbocycles. The Balaban J connectivity index is 1.36. The first-order valence-corrected chi connectivity index (χ1v) is 11.8. The van der Waals surface area contributed by atoms with Gasteiger partial charge in [-0.25, -0.2) is 4.98 Å². The normalized spacial score (nSPS) is 22.3. The molecule has 0 spiro atoms. The van der Waals surface area contributed by atoms with E-state index < -0.39 is 0 Å². The van der Waals surface area contributed by atoms with Crippen molar-refractivity contribution >= 4 is 11.8 Å². The van der Waals surface area contributed by atoms with Gasteiger partial charge in [0.05, 0.1) is 23.8 Å². The fourth-order valence-electron chi connectivity index (χ4n) is 5.23. The number of allylic oxidation sites excluding steroid dienone is 2. The van der Waals surface area contributed by atoms with Crippen LogP contribution in [0.5, 0.6) is 0 Å². The quantitative estimate of drug-likeness (QED) is 0.730. The van der Waals surface area contributed by atoms with E-state index in [1.807, 2.05) is 11.8 Å². The molecule has 2 amide bonds. The number of carbonyl (C=O) groups excluding carboxylic acids is 2. The highest BCUT2D eigenvalue weighted by atomic mass is 16.2. The fraction of sp³-hybridized carbons (Fsp3) is 0.480. The summed E-state index contributed by atoms with van der Waals surface area (Å²) in [6, 6.07) is 1.53. The third-order valence-corrected chi connectivity index (χ3v) is 7.09. The summed E-state index contributed by atoms with van der Waals surface area (Å²) in [6.07, 6.45) is 12.4. The van der Waals surface area contributed by atoms with Crippen LogP contribution in [0.15, 0.2) is 35.4 Å². The predicted octanol–water partition coefficient (Wildman–Crippen LogP) is 2.69. The lowest BCUT2D eigenvalue weighted by molar-refractivity contribution is -0.136. The van der Waals surface area contributed by atoms with Gasteiger partial charge in [0.15, 0.2) is 0 Å². The van der Waals surface area contributed by atoms with E-state index in [2.05, 4.69) is 22.1 Å². The molecule has 2 aromatic rings. The number of likely N-dealkylation sites (tertiary alicyclic amines) is 1. The number of hydrogen-bond acceptors (Lipinski definition) is 5. The van der Waals surface area contributed by atoms with Crippen LogP contribution in [-0.4, -0.2) is 49.7 Å². The highest BCUT2D eigenvalue weighted by Gasteiger charge is 2.36. The highest BCUT2D eigenvalue weighted by molar-refractivity contribution is 5.95. The molecule has 1 aliphatic carbocycles. The van der Waals surface area contributed by atoms with Gasteiger partial charge in [0.2, 0.25) is 5.91 Å². The second-order valence-corrected chi connectivity index (χ2v) is 9.21. The predicted molar refractivity (Wildman–Crippen MR) is 122 cm³/mol. The zero-order valence-corrected chi connectivity index (χ0v) is 18.9. The second kappa shape index (κ2) is 8.92. The smallest absolute Gasteiger partial charge is 0.256 e. The minimum Gasteiger partial charge on any atom is -0.334 e. The largest absolute Gasteiger partial charge is 0.334 e. The maximum atomic E-state index is 13.2. The molecule has 1 N–H and O–H groups in total. The van der Waals surface area contributed by atoms with Gasteiger partial charge in [-0.3, -0.25) is 19.4 Å². The van der Waals surface area contributed by atoms with E-state index in [1.165, 1.54) is 0 Å². The van der Waals surface area contributed by atoms with Crippen LogP contribution in [0, 0.1) is 12.8 Å². The Hall–Kier alpha value is -3.29. The molecule has 0 bridgehead atoms. The topological polar surface area (TPSA) is 99.3 Å². The van der Waals surface area contributed by atoms with E-state index in [-0.39, 0.29) is 35.9 Å². The number of pyridine rings is 1. The zero-order chi connectivity index (χ0) is 22.9. The van der Waals surface area contributed by atoms with Gasteiger partial charge >= 0.3 is 0 Å². The molecule has 5 rings (SSSR count). The molecule has 4 heterocycles. The van der Waals surface area contributed by atoms with Crippen molar-refractivity contribution in [3.63, 3.8) is 0 Å². The van der Waals surface area contributed by atoms with Crippen LogP contribution < -0.4 is 5.56 Å². The van der Waals surface area contributed by atoms with Crippen molar-refractivity contribution in [1.29, 1.82) is 0 Å². The Kier molecular flexibility index (Phi) is 5.83. The van der Waals surface area contributed by atoms with Crippen LogP contribution >= 0.6 is 0 Å². The van der Waals surface area contributed by atoms with Gasteiger partial charge < -0.3 is 14.8 Å². The minimum atomic E-state index is -0.209. The monoisotopic (exact) mass is 447 g/mol. The molecule has 3 aliphatic rings.